The van der Waals surface area contributed by atoms with E-state index in [0.29, 0.717) is 24.0 Å². The van der Waals surface area contributed by atoms with E-state index in [1.165, 1.54) is 5.56 Å². The van der Waals surface area contributed by atoms with E-state index in [0.717, 1.165) is 5.69 Å². The van der Waals surface area contributed by atoms with Crippen LogP contribution in [0.4, 0.5) is 11.5 Å². The highest BCUT2D eigenvalue weighted by atomic mass is 16.5. The van der Waals surface area contributed by atoms with E-state index in [9.17, 15) is 9.59 Å². The Balaban J connectivity index is 1.39. The van der Waals surface area contributed by atoms with E-state index in [1.54, 1.807) is 17.9 Å². The minimum atomic E-state index is -0.780. The van der Waals surface area contributed by atoms with Crippen molar-refractivity contribution in [1.82, 2.24) is 5.16 Å². The van der Waals surface area contributed by atoms with Crippen LogP contribution < -0.4 is 10.2 Å². The molecule has 2 bridgehead atoms. The Morgan fingerprint density at radius 1 is 1.31 bits per heavy atom. The van der Waals surface area contributed by atoms with Gasteiger partial charge in [0.05, 0.1) is 24.5 Å². The molecule has 1 aromatic carbocycles. The van der Waals surface area contributed by atoms with Crippen LogP contribution in [0.3, 0.4) is 0 Å². The highest BCUT2D eigenvalue weighted by molar-refractivity contribution is 6.05. The second kappa shape index (κ2) is 6.29. The number of amides is 2. The second-order valence-electron chi connectivity index (χ2n) is 8.39. The molecule has 4 heterocycles. The van der Waals surface area contributed by atoms with Crippen molar-refractivity contribution in [1.29, 1.82) is 0 Å². The molecule has 3 aliphatic heterocycles. The predicted octanol–water partition coefficient (Wildman–Crippen LogP) is 3.03. The van der Waals surface area contributed by atoms with E-state index >= 15 is 0 Å². The van der Waals surface area contributed by atoms with Gasteiger partial charge >= 0.3 is 0 Å². The van der Waals surface area contributed by atoms with Crippen LogP contribution >= 0.6 is 0 Å². The first-order valence-corrected chi connectivity index (χ1v) is 9.91. The first-order chi connectivity index (χ1) is 13.9. The predicted molar refractivity (Wildman–Crippen MR) is 106 cm³/mol. The van der Waals surface area contributed by atoms with Crippen molar-refractivity contribution in [2.75, 3.05) is 16.8 Å². The van der Waals surface area contributed by atoms with Crippen LogP contribution in [0, 0.1) is 18.8 Å². The van der Waals surface area contributed by atoms with Crippen molar-refractivity contribution in [2.24, 2.45) is 11.8 Å². The highest BCUT2D eigenvalue weighted by Gasteiger charge is 2.67. The molecule has 7 nitrogen and oxygen atoms in total. The van der Waals surface area contributed by atoms with Crippen molar-refractivity contribution < 1.29 is 18.8 Å². The normalized spacial score (nSPS) is 29.7. The summed E-state index contributed by atoms with van der Waals surface area (Å²) in [5.74, 6) is 0.0172. The number of ether oxygens (including phenoxy) is 1. The van der Waals surface area contributed by atoms with Crippen molar-refractivity contribution in [3.8, 4) is 0 Å². The van der Waals surface area contributed by atoms with Gasteiger partial charge in [-0.1, -0.05) is 43.3 Å². The van der Waals surface area contributed by atoms with Crippen molar-refractivity contribution in [2.45, 2.75) is 38.4 Å². The van der Waals surface area contributed by atoms with Crippen LogP contribution in [0.15, 0.2) is 47.0 Å². The number of hydrogen-bond donors (Lipinski definition) is 1. The van der Waals surface area contributed by atoms with E-state index in [4.69, 9.17) is 9.26 Å². The van der Waals surface area contributed by atoms with Gasteiger partial charge in [0, 0.05) is 11.8 Å². The zero-order chi connectivity index (χ0) is 20.3. The number of carbonyl (C=O) groups is 2. The Bertz CT molecular complexity index is 1010. The monoisotopic (exact) mass is 393 g/mol. The average molecular weight is 393 g/mol. The van der Waals surface area contributed by atoms with Gasteiger partial charge in [-0.2, -0.15) is 0 Å². The fourth-order valence-corrected chi connectivity index (χ4v) is 4.65. The fourth-order valence-electron chi connectivity index (χ4n) is 4.65. The number of carbonyl (C=O) groups excluding carboxylic acids is 2. The van der Waals surface area contributed by atoms with Gasteiger partial charge in [-0.3, -0.25) is 14.5 Å². The maximum absolute atomic E-state index is 13.2. The summed E-state index contributed by atoms with van der Waals surface area (Å²) in [6, 6.07) is 9.53. The topological polar surface area (TPSA) is 84.7 Å². The summed E-state index contributed by atoms with van der Waals surface area (Å²) in [5, 5.41) is 6.93. The third kappa shape index (κ3) is 2.72. The van der Waals surface area contributed by atoms with Gasteiger partial charge in [-0.05, 0) is 30.5 Å². The second-order valence-corrected chi connectivity index (χ2v) is 8.39. The summed E-state index contributed by atoms with van der Waals surface area (Å²) >= 11 is 0. The number of nitrogens with one attached hydrogen (secondary N) is 1. The molecule has 2 aromatic rings. The number of nitrogens with zero attached hydrogens (tertiary/aromatic N) is 2. The van der Waals surface area contributed by atoms with Crippen LogP contribution in [0.5, 0.6) is 0 Å². The Hall–Kier alpha value is -2.93. The SMILES string of the molecule is Cc1cc(N2C[C@@]34C=C[C@H](O3)[C@@H](C(=O)Nc3ccc(C(C)C)cc3)[C@@H]4C2=O)no1. The van der Waals surface area contributed by atoms with Crippen LogP contribution in [-0.4, -0.2) is 35.2 Å². The number of aromatic nitrogens is 1. The highest BCUT2D eigenvalue weighted by Crippen LogP contribution is 2.52. The Morgan fingerprint density at radius 3 is 2.72 bits per heavy atom. The largest absolute Gasteiger partial charge is 0.360 e. The van der Waals surface area contributed by atoms with Gasteiger partial charge in [0.1, 0.15) is 11.4 Å². The zero-order valence-corrected chi connectivity index (χ0v) is 16.6. The maximum atomic E-state index is 13.2. The zero-order valence-electron chi connectivity index (χ0n) is 16.6. The number of aryl methyl sites for hydroxylation is 1. The molecule has 5 rings (SSSR count). The molecule has 0 aliphatic carbocycles. The number of hydrogen-bond acceptors (Lipinski definition) is 5. The van der Waals surface area contributed by atoms with Crippen molar-refractivity contribution in [3.63, 3.8) is 0 Å². The van der Waals surface area contributed by atoms with E-state index < -0.39 is 17.4 Å². The Labute approximate surface area is 168 Å². The number of fused-ring (bicyclic) bond motifs is 1. The summed E-state index contributed by atoms with van der Waals surface area (Å²) in [5.41, 5.74) is 1.14. The molecular formula is C22H23N3O4. The maximum Gasteiger partial charge on any atom is 0.235 e. The fraction of sp³-hybridized carbons (Fsp3) is 0.409. The third-order valence-corrected chi connectivity index (χ3v) is 6.14. The van der Waals surface area contributed by atoms with Crippen molar-refractivity contribution in [3.05, 3.63) is 53.8 Å². The minimum Gasteiger partial charge on any atom is -0.360 e. The molecule has 2 saturated heterocycles. The lowest BCUT2D eigenvalue weighted by Gasteiger charge is -2.23. The van der Waals surface area contributed by atoms with E-state index in [-0.39, 0.29) is 17.9 Å². The van der Waals surface area contributed by atoms with Crippen LogP contribution in [0.25, 0.3) is 0 Å². The lowest BCUT2D eigenvalue weighted by atomic mass is 9.76. The average Bonchev–Trinajstić information content (AvgIpc) is 3.43. The minimum absolute atomic E-state index is 0.152. The van der Waals surface area contributed by atoms with Gasteiger partial charge in [0.2, 0.25) is 11.8 Å². The van der Waals surface area contributed by atoms with Gasteiger partial charge in [0.15, 0.2) is 5.82 Å². The smallest absolute Gasteiger partial charge is 0.235 e. The molecule has 1 aromatic heterocycles. The first-order valence-electron chi connectivity index (χ1n) is 9.91. The molecule has 0 radical (unpaired) electrons. The first kappa shape index (κ1) is 18.1. The van der Waals surface area contributed by atoms with Crippen LogP contribution in [0.2, 0.25) is 0 Å². The molecule has 2 fully saturated rings. The Kier molecular flexibility index (Phi) is 3.93. The molecule has 0 unspecified atom stereocenters. The van der Waals surface area contributed by atoms with Crippen LogP contribution in [0.1, 0.15) is 31.1 Å². The molecule has 0 saturated carbocycles. The molecule has 1 spiro atoms. The number of benzene rings is 1. The summed E-state index contributed by atoms with van der Waals surface area (Å²) in [4.78, 5) is 27.9. The quantitative estimate of drug-likeness (QED) is 0.807. The summed E-state index contributed by atoms with van der Waals surface area (Å²) < 4.78 is 11.3. The lowest BCUT2D eigenvalue weighted by molar-refractivity contribution is -0.128. The number of rotatable bonds is 4. The van der Waals surface area contributed by atoms with E-state index in [1.807, 2.05) is 36.4 Å². The lowest BCUT2D eigenvalue weighted by Crippen LogP contribution is -2.41. The van der Waals surface area contributed by atoms with Gasteiger partial charge in [-0.25, -0.2) is 0 Å². The summed E-state index contributed by atoms with van der Waals surface area (Å²) in [6.07, 6.45) is 3.43. The third-order valence-electron chi connectivity index (χ3n) is 6.14. The van der Waals surface area contributed by atoms with Crippen LogP contribution in [-0.2, 0) is 14.3 Å². The Morgan fingerprint density at radius 2 is 2.07 bits per heavy atom. The van der Waals surface area contributed by atoms with E-state index in [2.05, 4.69) is 24.3 Å². The standard InChI is InChI=1S/C22H23N3O4/c1-12(2)14-4-6-15(7-5-14)23-20(26)18-16-8-9-22(28-16)11-25(21(27)19(18)22)17-10-13(3)29-24-17/h4-10,12,16,18-19H,11H2,1-3H3,(H,23,26)/t16-,18+,19+,22+/m0/s1. The molecule has 3 aliphatic rings. The van der Waals surface area contributed by atoms with Gasteiger partial charge in [-0.15, -0.1) is 0 Å². The van der Waals surface area contributed by atoms with Gasteiger partial charge < -0.3 is 14.6 Å². The number of anilines is 2. The molecule has 1 N–H and O–H groups in total. The molecule has 2 amide bonds. The molecule has 4 atom stereocenters. The summed E-state index contributed by atoms with van der Waals surface area (Å²) in [6.45, 7) is 6.36. The van der Waals surface area contributed by atoms with Gasteiger partial charge in [0.25, 0.3) is 0 Å². The molecular weight excluding hydrogens is 370 g/mol. The summed E-state index contributed by atoms with van der Waals surface area (Å²) in [7, 11) is 0. The molecule has 7 heteroatoms. The molecule has 29 heavy (non-hydrogen) atoms. The van der Waals surface area contributed by atoms with Crippen molar-refractivity contribution >= 4 is 23.3 Å². The molecule has 150 valence electrons.